The minimum Gasteiger partial charge on any atom is -0.389 e. The molecule has 0 amide bonds. The number of benzene rings is 1. The standard InChI is InChI=1S/C14H23NO/c1-4-10-15(11-5-2)14-8-6-13(7-9-14)12(3)16/h6-9,12,16H,4-5,10-11H2,1-3H3. The highest BCUT2D eigenvalue weighted by atomic mass is 16.3. The summed E-state index contributed by atoms with van der Waals surface area (Å²) < 4.78 is 0. The van der Waals surface area contributed by atoms with Crippen molar-refractivity contribution in [2.24, 2.45) is 0 Å². The van der Waals surface area contributed by atoms with Crippen LogP contribution in [0.2, 0.25) is 0 Å². The number of hydrogen-bond donors (Lipinski definition) is 1. The third-order valence-corrected chi connectivity index (χ3v) is 2.73. The smallest absolute Gasteiger partial charge is 0.0761 e. The third kappa shape index (κ3) is 3.53. The summed E-state index contributed by atoms with van der Waals surface area (Å²) >= 11 is 0. The molecule has 0 heterocycles. The lowest BCUT2D eigenvalue weighted by molar-refractivity contribution is 0.199. The molecule has 0 bridgehead atoms. The van der Waals surface area contributed by atoms with E-state index < -0.39 is 0 Å². The second-order valence-electron chi connectivity index (χ2n) is 4.25. The van der Waals surface area contributed by atoms with Crippen LogP contribution < -0.4 is 4.90 Å². The van der Waals surface area contributed by atoms with Crippen molar-refractivity contribution in [3.8, 4) is 0 Å². The summed E-state index contributed by atoms with van der Waals surface area (Å²) in [5, 5.41) is 9.45. The Morgan fingerprint density at radius 2 is 1.56 bits per heavy atom. The van der Waals surface area contributed by atoms with Crippen molar-refractivity contribution >= 4 is 5.69 Å². The van der Waals surface area contributed by atoms with Gasteiger partial charge in [0.15, 0.2) is 0 Å². The number of aliphatic hydroxyl groups excluding tert-OH is 1. The first-order valence-electron chi connectivity index (χ1n) is 6.22. The fourth-order valence-electron chi connectivity index (χ4n) is 1.87. The number of hydrogen-bond acceptors (Lipinski definition) is 2. The maximum atomic E-state index is 9.45. The molecule has 0 saturated heterocycles. The summed E-state index contributed by atoms with van der Waals surface area (Å²) in [6, 6.07) is 8.23. The Hall–Kier alpha value is -1.02. The van der Waals surface area contributed by atoms with Gasteiger partial charge in [-0.25, -0.2) is 0 Å². The largest absolute Gasteiger partial charge is 0.389 e. The molecule has 0 aromatic heterocycles. The number of nitrogens with zero attached hydrogens (tertiary/aromatic N) is 1. The molecule has 0 saturated carbocycles. The molecule has 0 aliphatic heterocycles. The highest BCUT2D eigenvalue weighted by molar-refractivity contribution is 5.47. The molecule has 2 nitrogen and oxygen atoms in total. The highest BCUT2D eigenvalue weighted by Crippen LogP contribution is 2.19. The van der Waals surface area contributed by atoms with Crippen LogP contribution in [0.3, 0.4) is 0 Å². The van der Waals surface area contributed by atoms with E-state index in [4.69, 9.17) is 0 Å². The predicted octanol–water partition coefficient (Wildman–Crippen LogP) is 3.37. The predicted molar refractivity (Wildman–Crippen MR) is 69.9 cm³/mol. The van der Waals surface area contributed by atoms with Gasteiger partial charge in [-0.2, -0.15) is 0 Å². The van der Waals surface area contributed by atoms with E-state index in [0.717, 1.165) is 31.5 Å². The molecule has 1 atom stereocenters. The van der Waals surface area contributed by atoms with Crippen LogP contribution in [0.15, 0.2) is 24.3 Å². The first-order chi connectivity index (χ1) is 7.69. The minimum atomic E-state index is -0.375. The van der Waals surface area contributed by atoms with Crippen molar-refractivity contribution in [1.82, 2.24) is 0 Å². The quantitative estimate of drug-likeness (QED) is 0.796. The average molecular weight is 221 g/mol. The third-order valence-electron chi connectivity index (χ3n) is 2.73. The van der Waals surface area contributed by atoms with Crippen molar-refractivity contribution in [2.75, 3.05) is 18.0 Å². The summed E-state index contributed by atoms with van der Waals surface area (Å²) in [4.78, 5) is 2.39. The van der Waals surface area contributed by atoms with Crippen LogP contribution in [0.5, 0.6) is 0 Å². The monoisotopic (exact) mass is 221 g/mol. The summed E-state index contributed by atoms with van der Waals surface area (Å²) in [5.41, 5.74) is 2.24. The van der Waals surface area contributed by atoms with E-state index in [1.165, 1.54) is 5.69 Å². The second-order valence-corrected chi connectivity index (χ2v) is 4.25. The highest BCUT2D eigenvalue weighted by Gasteiger charge is 2.05. The zero-order chi connectivity index (χ0) is 12.0. The van der Waals surface area contributed by atoms with Crippen LogP contribution in [0.25, 0.3) is 0 Å². The van der Waals surface area contributed by atoms with Crippen molar-refractivity contribution < 1.29 is 5.11 Å². The number of aliphatic hydroxyl groups is 1. The average Bonchev–Trinajstić information content (AvgIpc) is 2.29. The SMILES string of the molecule is CCCN(CCC)c1ccc(C(C)O)cc1. The van der Waals surface area contributed by atoms with Gasteiger partial charge in [-0.15, -0.1) is 0 Å². The second kappa shape index (κ2) is 6.54. The molecule has 1 aromatic rings. The molecule has 16 heavy (non-hydrogen) atoms. The number of anilines is 1. The lowest BCUT2D eigenvalue weighted by Gasteiger charge is -2.24. The fraction of sp³-hybridized carbons (Fsp3) is 0.571. The molecule has 0 spiro atoms. The van der Waals surface area contributed by atoms with Crippen LogP contribution in [0.4, 0.5) is 5.69 Å². The van der Waals surface area contributed by atoms with Crippen molar-refractivity contribution in [2.45, 2.75) is 39.7 Å². The van der Waals surface area contributed by atoms with Crippen LogP contribution in [-0.4, -0.2) is 18.2 Å². The molecule has 1 N–H and O–H groups in total. The summed E-state index contributed by atoms with van der Waals surface area (Å²) in [7, 11) is 0. The molecule has 2 heteroatoms. The zero-order valence-electron chi connectivity index (χ0n) is 10.6. The van der Waals surface area contributed by atoms with Crippen LogP contribution in [0, 0.1) is 0 Å². The Labute approximate surface area is 98.9 Å². The van der Waals surface area contributed by atoms with Gasteiger partial charge < -0.3 is 10.0 Å². The van der Waals surface area contributed by atoms with E-state index in [1.807, 2.05) is 12.1 Å². The van der Waals surface area contributed by atoms with Gasteiger partial charge in [-0.1, -0.05) is 26.0 Å². The topological polar surface area (TPSA) is 23.5 Å². The Balaban J connectivity index is 2.76. The minimum absolute atomic E-state index is 0.375. The first kappa shape index (κ1) is 13.0. The van der Waals surface area contributed by atoms with E-state index in [1.54, 1.807) is 6.92 Å². The van der Waals surface area contributed by atoms with Crippen molar-refractivity contribution in [3.63, 3.8) is 0 Å². The Morgan fingerprint density at radius 1 is 1.06 bits per heavy atom. The maximum absolute atomic E-state index is 9.45. The Kier molecular flexibility index (Phi) is 5.33. The van der Waals surface area contributed by atoms with E-state index in [2.05, 4.69) is 30.9 Å². The van der Waals surface area contributed by atoms with Crippen molar-refractivity contribution in [3.05, 3.63) is 29.8 Å². The van der Waals surface area contributed by atoms with Gasteiger partial charge in [-0.3, -0.25) is 0 Å². The molecule has 0 aliphatic carbocycles. The van der Waals surface area contributed by atoms with Crippen LogP contribution >= 0.6 is 0 Å². The van der Waals surface area contributed by atoms with E-state index >= 15 is 0 Å². The van der Waals surface area contributed by atoms with Gasteiger partial charge in [0.05, 0.1) is 6.10 Å². The van der Waals surface area contributed by atoms with Crippen molar-refractivity contribution in [1.29, 1.82) is 0 Å². The van der Waals surface area contributed by atoms with E-state index in [-0.39, 0.29) is 6.10 Å². The van der Waals surface area contributed by atoms with E-state index in [9.17, 15) is 5.11 Å². The van der Waals surface area contributed by atoms with Gasteiger partial charge in [0, 0.05) is 18.8 Å². The molecule has 0 aliphatic rings. The van der Waals surface area contributed by atoms with Gasteiger partial charge in [-0.05, 0) is 37.5 Å². The van der Waals surface area contributed by atoms with Crippen LogP contribution in [0.1, 0.15) is 45.3 Å². The number of rotatable bonds is 6. The van der Waals surface area contributed by atoms with E-state index in [0.29, 0.717) is 0 Å². The van der Waals surface area contributed by atoms with Gasteiger partial charge >= 0.3 is 0 Å². The lowest BCUT2D eigenvalue weighted by Crippen LogP contribution is -2.24. The first-order valence-corrected chi connectivity index (χ1v) is 6.22. The normalized spacial score (nSPS) is 12.5. The fourth-order valence-corrected chi connectivity index (χ4v) is 1.87. The van der Waals surface area contributed by atoms with Crippen LogP contribution in [-0.2, 0) is 0 Å². The molecular formula is C14H23NO. The summed E-state index contributed by atoms with van der Waals surface area (Å²) in [6.07, 6.45) is 1.95. The molecule has 0 fully saturated rings. The Morgan fingerprint density at radius 3 is 1.94 bits per heavy atom. The molecule has 90 valence electrons. The zero-order valence-corrected chi connectivity index (χ0v) is 10.6. The molecule has 1 rings (SSSR count). The molecule has 0 radical (unpaired) electrons. The summed E-state index contributed by atoms with van der Waals surface area (Å²) in [5.74, 6) is 0. The Bertz CT molecular complexity index is 286. The molecular weight excluding hydrogens is 198 g/mol. The van der Waals surface area contributed by atoms with Gasteiger partial charge in [0.2, 0.25) is 0 Å². The maximum Gasteiger partial charge on any atom is 0.0761 e. The lowest BCUT2D eigenvalue weighted by atomic mass is 10.1. The molecule has 1 unspecified atom stereocenters. The van der Waals surface area contributed by atoms with Gasteiger partial charge in [0.1, 0.15) is 0 Å². The molecule has 1 aromatic carbocycles. The summed E-state index contributed by atoms with van der Waals surface area (Å²) in [6.45, 7) is 8.40. The van der Waals surface area contributed by atoms with Gasteiger partial charge in [0.25, 0.3) is 0 Å².